The molecule has 0 fully saturated rings. The van der Waals surface area contributed by atoms with Gasteiger partial charge in [0, 0.05) is 23.1 Å². The number of rotatable bonds is 4. The second-order valence-corrected chi connectivity index (χ2v) is 6.35. The molecule has 0 aliphatic rings. The number of amides is 1. The van der Waals surface area contributed by atoms with Gasteiger partial charge < -0.3 is 5.32 Å². The summed E-state index contributed by atoms with van der Waals surface area (Å²) in [5.74, 6) is 0.298. The highest BCUT2D eigenvalue weighted by molar-refractivity contribution is 6.04. The summed E-state index contributed by atoms with van der Waals surface area (Å²) in [5, 5.41) is 6.93. The maximum Gasteiger partial charge on any atom is 0.255 e. The summed E-state index contributed by atoms with van der Waals surface area (Å²) in [5.41, 5.74) is 4.11. The smallest absolute Gasteiger partial charge is 0.255 e. The van der Waals surface area contributed by atoms with Crippen LogP contribution in [0.15, 0.2) is 85.8 Å². The third-order valence-electron chi connectivity index (χ3n) is 4.52. The number of hydrogen-bond acceptors (Lipinski definition) is 5. The first-order valence-corrected chi connectivity index (χ1v) is 8.93. The van der Waals surface area contributed by atoms with Crippen molar-refractivity contribution < 1.29 is 4.79 Å². The number of hydrogen-bond donors (Lipinski definition) is 1. The summed E-state index contributed by atoms with van der Waals surface area (Å²) < 4.78 is 3.51. The largest absolute Gasteiger partial charge is 0.322 e. The van der Waals surface area contributed by atoms with Crippen LogP contribution in [0, 0.1) is 0 Å². The van der Waals surface area contributed by atoms with Crippen LogP contribution in [0.3, 0.4) is 0 Å². The lowest BCUT2D eigenvalue weighted by Gasteiger charge is -2.09. The van der Waals surface area contributed by atoms with Crippen molar-refractivity contribution in [3.63, 3.8) is 0 Å². The summed E-state index contributed by atoms with van der Waals surface area (Å²) >= 11 is 0. The summed E-state index contributed by atoms with van der Waals surface area (Å²) in [6.07, 6.45) is 6.31. The van der Waals surface area contributed by atoms with E-state index in [0.29, 0.717) is 17.1 Å². The van der Waals surface area contributed by atoms with Crippen LogP contribution in [0.2, 0.25) is 0 Å². The van der Waals surface area contributed by atoms with Gasteiger partial charge in [0.2, 0.25) is 0 Å². The van der Waals surface area contributed by atoms with Gasteiger partial charge in [0.05, 0.1) is 11.0 Å². The van der Waals surface area contributed by atoms with Crippen LogP contribution in [-0.2, 0) is 0 Å². The Morgan fingerprint density at radius 3 is 2.62 bits per heavy atom. The molecule has 5 aromatic rings. The number of pyridine rings is 1. The average Bonchev–Trinajstić information content (AvgIpc) is 3.45. The lowest BCUT2D eigenvalue weighted by molar-refractivity contribution is 0.102. The van der Waals surface area contributed by atoms with Crippen molar-refractivity contribution in [3.8, 4) is 11.5 Å². The fourth-order valence-corrected chi connectivity index (χ4v) is 3.09. The fraction of sp³-hybridized carbons (Fsp3) is 0. The molecule has 0 aliphatic carbocycles. The number of fused-ring (bicyclic) bond motifs is 1. The minimum atomic E-state index is -0.227. The monoisotopic (exact) mass is 381 g/mol. The number of para-hydroxylation sites is 2. The molecule has 0 saturated heterocycles. The van der Waals surface area contributed by atoms with E-state index >= 15 is 0 Å². The SMILES string of the molecule is O=C(Nc1ccc(-n2cnc3ccccc32)cc1)c1ccnc(-n2cncn2)c1. The molecule has 5 rings (SSSR count). The molecule has 0 radical (unpaired) electrons. The van der Waals surface area contributed by atoms with E-state index < -0.39 is 0 Å². The van der Waals surface area contributed by atoms with Crippen molar-refractivity contribution >= 4 is 22.6 Å². The molecule has 1 N–H and O–H groups in total. The number of anilines is 1. The molecule has 8 heteroatoms. The van der Waals surface area contributed by atoms with Gasteiger partial charge in [-0.25, -0.2) is 19.6 Å². The second-order valence-electron chi connectivity index (χ2n) is 6.35. The molecule has 0 spiro atoms. The molecule has 3 aromatic heterocycles. The second kappa shape index (κ2) is 7.01. The Morgan fingerprint density at radius 2 is 1.79 bits per heavy atom. The fourth-order valence-electron chi connectivity index (χ4n) is 3.09. The molecule has 0 unspecified atom stereocenters. The van der Waals surface area contributed by atoms with E-state index in [0.717, 1.165) is 16.7 Å². The Bertz CT molecular complexity index is 1290. The summed E-state index contributed by atoms with van der Waals surface area (Å²) in [4.78, 5) is 25.1. The molecule has 140 valence electrons. The van der Waals surface area contributed by atoms with E-state index in [1.54, 1.807) is 24.7 Å². The molecule has 0 saturated carbocycles. The van der Waals surface area contributed by atoms with Gasteiger partial charge >= 0.3 is 0 Å². The third-order valence-corrected chi connectivity index (χ3v) is 4.52. The minimum absolute atomic E-state index is 0.227. The van der Waals surface area contributed by atoms with Gasteiger partial charge in [0.1, 0.15) is 19.0 Å². The minimum Gasteiger partial charge on any atom is -0.322 e. The topological polar surface area (TPSA) is 90.5 Å². The van der Waals surface area contributed by atoms with Gasteiger partial charge in [-0.05, 0) is 48.5 Å². The number of carbonyl (C=O) groups is 1. The normalized spacial score (nSPS) is 10.9. The number of aromatic nitrogens is 6. The van der Waals surface area contributed by atoms with Crippen molar-refractivity contribution in [2.24, 2.45) is 0 Å². The zero-order valence-corrected chi connectivity index (χ0v) is 15.2. The molecule has 0 aliphatic heterocycles. The van der Waals surface area contributed by atoms with Gasteiger partial charge in [-0.3, -0.25) is 9.36 Å². The van der Waals surface area contributed by atoms with Crippen LogP contribution in [0.5, 0.6) is 0 Å². The quantitative estimate of drug-likeness (QED) is 0.516. The van der Waals surface area contributed by atoms with E-state index in [1.807, 2.05) is 53.1 Å². The molecule has 0 atom stereocenters. The van der Waals surface area contributed by atoms with E-state index in [2.05, 4.69) is 25.4 Å². The van der Waals surface area contributed by atoms with Crippen LogP contribution < -0.4 is 5.32 Å². The van der Waals surface area contributed by atoms with Crippen LogP contribution in [-0.4, -0.2) is 35.2 Å². The van der Waals surface area contributed by atoms with Crippen LogP contribution in [0.25, 0.3) is 22.5 Å². The maximum absolute atomic E-state index is 12.6. The van der Waals surface area contributed by atoms with Gasteiger partial charge in [0.25, 0.3) is 5.91 Å². The first kappa shape index (κ1) is 16.8. The highest BCUT2D eigenvalue weighted by Crippen LogP contribution is 2.20. The lowest BCUT2D eigenvalue weighted by atomic mass is 10.2. The molecule has 8 nitrogen and oxygen atoms in total. The van der Waals surface area contributed by atoms with Gasteiger partial charge in [-0.2, -0.15) is 5.10 Å². The van der Waals surface area contributed by atoms with Gasteiger partial charge in [-0.1, -0.05) is 12.1 Å². The first-order chi connectivity index (χ1) is 14.3. The van der Waals surface area contributed by atoms with Crippen LogP contribution in [0.4, 0.5) is 5.69 Å². The molecular formula is C21H15N7O. The Labute approximate surface area is 165 Å². The molecule has 3 heterocycles. The van der Waals surface area contributed by atoms with Crippen molar-refractivity contribution in [2.75, 3.05) is 5.32 Å². The summed E-state index contributed by atoms with van der Waals surface area (Å²) in [7, 11) is 0. The predicted octanol–water partition coefficient (Wildman–Crippen LogP) is 3.25. The molecule has 2 aromatic carbocycles. The zero-order chi connectivity index (χ0) is 19.6. The maximum atomic E-state index is 12.6. The number of imidazole rings is 1. The Morgan fingerprint density at radius 1 is 0.931 bits per heavy atom. The summed E-state index contributed by atoms with van der Waals surface area (Å²) in [6.45, 7) is 0. The Kier molecular flexibility index (Phi) is 4.06. The number of nitrogens with zero attached hydrogens (tertiary/aromatic N) is 6. The number of nitrogens with one attached hydrogen (secondary N) is 1. The molecule has 0 bridgehead atoms. The average molecular weight is 381 g/mol. The summed E-state index contributed by atoms with van der Waals surface area (Å²) in [6, 6.07) is 18.9. The Hall–Kier alpha value is -4.33. The third kappa shape index (κ3) is 3.23. The lowest BCUT2D eigenvalue weighted by Crippen LogP contribution is -2.13. The van der Waals surface area contributed by atoms with Crippen molar-refractivity contribution in [1.29, 1.82) is 0 Å². The van der Waals surface area contributed by atoms with E-state index in [-0.39, 0.29) is 5.91 Å². The van der Waals surface area contributed by atoms with Crippen LogP contribution >= 0.6 is 0 Å². The molecular weight excluding hydrogens is 366 g/mol. The van der Waals surface area contributed by atoms with Crippen molar-refractivity contribution in [2.45, 2.75) is 0 Å². The van der Waals surface area contributed by atoms with E-state index in [9.17, 15) is 4.79 Å². The van der Waals surface area contributed by atoms with E-state index in [1.165, 1.54) is 17.3 Å². The highest BCUT2D eigenvalue weighted by atomic mass is 16.1. The van der Waals surface area contributed by atoms with Gasteiger partial charge in [0.15, 0.2) is 5.82 Å². The standard InChI is InChI=1S/C21H15N7O/c29-21(15-9-10-23-20(11-15)28-13-22-12-25-28)26-16-5-7-17(8-6-16)27-14-24-18-3-1-2-4-19(18)27/h1-14H,(H,26,29). The molecule has 29 heavy (non-hydrogen) atoms. The van der Waals surface area contributed by atoms with Crippen LogP contribution in [0.1, 0.15) is 10.4 Å². The Balaban J connectivity index is 1.36. The van der Waals surface area contributed by atoms with Crippen molar-refractivity contribution in [3.05, 3.63) is 91.4 Å². The zero-order valence-electron chi connectivity index (χ0n) is 15.2. The van der Waals surface area contributed by atoms with Crippen molar-refractivity contribution in [1.82, 2.24) is 29.3 Å². The predicted molar refractivity (Wildman–Crippen MR) is 108 cm³/mol. The highest BCUT2D eigenvalue weighted by Gasteiger charge is 2.10. The first-order valence-electron chi connectivity index (χ1n) is 8.93. The molecule has 1 amide bonds. The van der Waals surface area contributed by atoms with E-state index in [4.69, 9.17) is 0 Å². The number of benzene rings is 2. The van der Waals surface area contributed by atoms with Gasteiger partial charge in [-0.15, -0.1) is 0 Å². The number of carbonyl (C=O) groups excluding carboxylic acids is 1.